The lowest BCUT2D eigenvalue weighted by atomic mass is 10.3. The van der Waals surface area contributed by atoms with Crippen LogP contribution in [0, 0.1) is 0 Å². The Kier molecular flexibility index (Phi) is 19.8. The molecular formula is C6H14O3. The summed E-state index contributed by atoms with van der Waals surface area (Å²) in [4.78, 5) is 8.81. The zero-order valence-corrected chi connectivity index (χ0v) is 5.71. The quantitative estimate of drug-likeness (QED) is 0.420. The van der Waals surface area contributed by atoms with Gasteiger partial charge < -0.3 is 15.0 Å². The van der Waals surface area contributed by atoms with Gasteiger partial charge in [-0.1, -0.05) is 0 Å². The van der Waals surface area contributed by atoms with Crippen LogP contribution in [-0.4, -0.2) is 29.7 Å². The first-order valence-electron chi connectivity index (χ1n) is 2.95. The van der Waals surface area contributed by atoms with Gasteiger partial charge in [0.05, 0.1) is 0 Å². The summed E-state index contributed by atoms with van der Waals surface area (Å²) in [5.41, 5.74) is 0. The van der Waals surface area contributed by atoms with Crippen LogP contribution in [0.1, 0.15) is 19.8 Å². The van der Waals surface area contributed by atoms with Gasteiger partial charge >= 0.3 is 0 Å². The van der Waals surface area contributed by atoms with Gasteiger partial charge in [-0.2, -0.15) is 0 Å². The van der Waals surface area contributed by atoms with Crippen molar-refractivity contribution in [3.63, 3.8) is 0 Å². The molecule has 0 heterocycles. The minimum atomic E-state index is 0.195. The van der Waals surface area contributed by atoms with Crippen molar-refractivity contribution >= 4 is 6.29 Å². The van der Waals surface area contributed by atoms with Crippen molar-refractivity contribution in [3.8, 4) is 0 Å². The fraction of sp³-hybridized carbons (Fsp3) is 0.833. The van der Waals surface area contributed by atoms with Gasteiger partial charge in [0.2, 0.25) is 0 Å². The minimum Gasteiger partial charge on any atom is -0.396 e. The molecule has 0 saturated carbocycles. The Balaban J connectivity index is 0. The number of carbonyl (C=O) groups is 1. The normalized spacial score (nSPS) is 7.44. The molecule has 0 aliphatic rings. The summed E-state index contributed by atoms with van der Waals surface area (Å²) in [7, 11) is 0. The van der Waals surface area contributed by atoms with Gasteiger partial charge in [0, 0.05) is 13.2 Å². The number of aliphatic hydroxyl groups excluding tert-OH is 2. The third kappa shape index (κ3) is 35.4. The molecule has 0 aromatic carbocycles. The van der Waals surface area contributed by atoms with Gasteiger partial charge in [-0.3, -0.25) is 0 Å². The van der Waals surface area contributed by atoms with Crippen LogP contribution in [0.2, 0.25) is 0 Å². The zero-order chi connectivity index (χ0) is 7.54. The van der Waals surface area contributed by atoms with Gasteiger partial charge in [0.25, 0.3) is 0 Å². The van der Waals surface area contributed by atoms with Gasteiger partial charge in [0.15, 0.2) is 0 Å². The van der Waals surface area contributed by atoms with E-state index in [1.807, 2.05) is 0 Å². The first-order chi connectivity index (χ1) is 4.33. The summed E-state index contributed by atoms with van der Waals surface area (Å²) in [6, 6.07) is 0. The summed E-state index contributed by atoms with van der Waals surface area (Å²) in [6.07, 6.45) is 2.19. The topological polar surface area (TPSA) is 57.5 Å². The molecule has 0 atom stereocenters. The van der Waals surface area contributed by atoms with Crippen LogP contribution < -0.4 is 0 Å². The van der Waals surface area contributed by atoms with Crippen molar-refractivity contribution < 1.29 is 15.0 Å². The number of carbonyl (C=O) groups excluding carboxylic acids is 1. The Hall–Kier alpha value is -0.410. The monoisotopic (exact) mass is 134 g/mol. The Bertz CT molecular complexity index is 41.6. The van der Waals surface area contributed by atoms with E-state index in [2.05, 4.69) is 0 Å². The van der Waals surface area contributed by atoms with E-state index in [-0.39, 0.29) is 13.2 Å². The number of aliphatic hydroxyl groups is 2. The van der Waals surface area contributed by atoms with E-state index in [4.69, 9.17) is 15.0 Å². The lowest BCUT2D eigenvalue weighted by molar-refractivity contribution is -0.106. The zero-order valence-electron chi connectivity index (χ0n) is 5.71. The average Bonchev–Trinajstić information content (AvgIpc) is 1.86. The Morgan fingerprint density at radius 2 is 1.44 bits per heavy atom. The number of aldehydes is 1. The number of unbranched alkanes of at least 4 members (excludes halogenated alkanes) is 1. The predicted molar refractivity (Wildman–Crippen MR) is 35.1 cm³/mol. The third-order valence-corrected chi connectivity index (χ3v) is 0.566. The fourth-order valence-corrected chi connectivity index (χ4v) is 0.224. The van der Waals surface area contributed by atoms with Gasteiger partial charge in [-0.05, 0) is 19.8 Å². The highest BCUT2D eigenvalue weighted by Gasteiger charge is 1.77. The summed E-state index contributed by atoms with van der Waals surface area (Å²) in [5, 5.41) is 16.2. The molecule has 0 fully saturated rings. The summed E-state index contributed by atoms with van der Waals surface area (Å²) in [6.45, 7) is 1.83. The second-order valence-corrected chi connectivity index (χ2v) is 1.39. The van der Waals surface area contributed by atoms with Crippen LogP contribution in [0.25, 0.3) is 0 Å². The maximum Gasteiger partial charge on any atom is 0.116 e. The predicted octanol–water partition coefficient (Wildman–Crippen LogP) is -0.0436. The standard InChI is InChI=1S/C4H10O2.C2H4O/c5-3-1-2-4-6;1-2-3/h5-6H,1-4H2;2H,1H3. The lowest BCUT2D eigenvalue weighted by Crippen LogP contribution is -1.85. The fourth-order valence-electron chi connectivity index (χ4n) is 0.224. The molecule has 2 N–H and O–H groups in total. The van der Waals surface area contributed by atoms with Crippen molar-refractivity contribution in [3.05, 3.63) is 0 Å². The van der Waals surface area contributed by atoms with E-state index >= 15 is 0 Å². The van der Waals surface area contributed by atoms with Gasteiger partial charge in [-0.15, -0.1) is 0 Å². The van der Waals surface area contributed by atoms with E-state index in [0.717, 1.165) is 19.1 Å². The van der Waals surface area contributed by atoms with Crippen LogP contribution in [0.3, 0.4) is 0 Å². The second-order valence-electron chi connectivity index (χ2n) is 1.39. The van der Waals surface area contributed by atoms with E-state index < -0.39 is 0 Å². The third-order valence-electron chi connectivity index (χ3n) is 0.566. The van der Waals surface area contributed by atoms with Crippen LogP contribution >= 0.6 is 0 Å². The molecule has 0 bridgehead atoms. The highest BCUT2D eigenvalue weighted by Crippen LogP contribution is 1.80. The van der Waals surface area contributed by atoms with E-state index in [9.17, 15) is 0 Å². The largest absolute Gasteiger partial charge is 0.396 e. The van der Waals surface area contributed by atoms with Crippen LogP contribution in [0.5, 0.6) is 0 Å². The summed E-state index contributed by atoms with van der Waals surface area (Å²) in [5.74, 6) is 0. The van der Waals surface area contributed by atoms with Crippen LogP contribution in [-0.2, 0) is 4.79 Å². The molecule has 0 aromatic rings. The molecule has 3 heteroatoms. The van der Waals surface area contributed by atoms with E-state index in [1.165, 1.54) is 6.92 Å². The maximum absolute atomic E-state index is 8.81. The van der Waals surface area contributed by atoms with Crippen molar-refractivity contribution in [2.24, 2.45) is 0 Å². The molecule has 0 aromatic heterocycles. The molecule has 0 spiro atoms. The first kappa shape index (κ1) is 11.4. The highest BCUT2D eigenvalue weighted by molar-refractivity contribution is 5.44. The lowest BCUT2D eigenvalue weighted by Gasteiger charge is -1.85. The van der Waals surface area contributed by atoms with Gasteiger partial charge in [0.1, 0.15) is 6.29 Å². The SMILES string of the molecule is CC=O.OCCCCO. The van der Waals surface area contributed by atoms with Crippen molar-refractivity contribution in [1.82, 2.24) is 0 Å². The molecule has 3 nitrogen and oxygen atoms in total. The molecule has 0 rings (SSSR count). The summed E-state index contributed by atoms with van der Waals surface area (Å²) >= 11 is 0. The average molecular weight is 134 g/mol. The Morgan fingerprint density at radius 1 is 1.22 bits per heavy atom. The highest BCUT2D eigenvalue weighted by atomic mass is 16.3. The minimum absolute atomic E-state index is 0.195. The molecule has 0 unspecified atom stereocenters. The van der Waals surface area contributed by atoms with Crippen LogP contribution in [0.4, 0.5) is 0 Å². The molecule has 56 valence electrons. The number of hydrogen-bond donors (Lipinski definition) is 2. The molecule has 0 aliphatic carbocycles. The molecule has 0 saturated heterocycles. The van der Waals surface area contributed by atoms with E-state index in [1.54, 1.807) is 0 Å². The van der Waals surface area contributed by atoms with Crippen molar-refractivity contribution in [1.29, 1.82) is 0 Å². The van der Waals surface area contributed by atoms with E-state index in [0.29, 0.717) is 0 Å². The summed E-state index contributed by atoms with van der Waals surface area (Å²) < 4.78 is 0. The first-order valence-corrected chi connectivity index (χ1v) is 2.95. The van der Waals surface area contributed by atoms with Crippen molar-refractivity contribution in [2.45, 2.75) is 19.8 Å². The van der Waals surface area contributed by atoms with Crippen LogP contribution in [0.15, 0.2) is 0 Å². The Labute approximate surface area is 55.3 Å². The molecule has 0 amide bonds. The molecular weight excluding hydrogens is 120 g/mol. The molecule has 0 aliphatic heterocycles. The molecule has 0 radical (unpaired) electrons. The molecule has 9 heavy (non-hydrogen) atoms. The maximum atomic E-state index is 8.81. The van der Waals surface area contributed by atoms with Crippen molar-refractivity contribution in [2.75, 3.05) is 13.2 Å². The smallest absolute Gasteiger partial charge is 0.116 e. The second kappa shape index (κ2) is 15.6. The van der Waals surface area contributed by atoms with Gasteiger partial charge in [-0.25, -0.2) is 0 Å². The number of hydrogen-bond acceptors (Lipinski definition) is 3. The number of rotatable bonds is 3. The Morgan fingerprint density at radius 3 is 1.56 bits per heavy atom.